The van der Waals surface area contributed by atoms with Crippen LogP contribution in [0.15, 0.2) is 59.2 Å². The Bertz CT molecular complexity index is 1190. The summed E-state index contributed by atoms with van der Waals surface area (Å²) in [6.45, 7) is 8.69. The highest BCUT2D eigenvalue weighted by molar-refractivity contribution is 5.94. The van der Waals surface area contributed by atoms with Crippen LogP contribution in [0.3, 0.4) is 0 Å². The molecule has 38 heavy (non-hydrogen) atoms. The Morgan fingerprint density at radius 1 is 0.921 bits per heavy atom. The lowest BCUT2D eigenvalue weighted by atomic mass is 10.1. The molecule has 0 unspecified atom stereocenters. The van der Waals surface area contributed by atoms with Gasteiger partial charge in [-0.3, -0.25) is 14.5 Å². The Balaban J connectivity index is 1.16. The largest absolute Gasteiger partial charge is 0.459 e. The number of hydrogen-bond acceptors (Lipinski definition) is 8. The van der Waals surface area contributed by atoms with E-state index in [2.05, 4.69) is 39.1 Å². The van der Waals surface area contributed by atoms with Gasteiger partial charge in [-0.15, -0.1) is 10.2 Å². The number of anilines is 1. The number of ether oxygens (including phenoxy) is 1. The number of amides is 2. The molecule has 0 aliphatic carbocycles. The van der Waals surface area contributed by atoms with E-state index < -0.39 is 0 Å². The van der Waals surface area contributed by atoms with E-state index in [-0.39, 0.29) is 24.1 Å². The van der Waals surface area contributed by atoms with E-state index >= 15 is 0 Å². The van der Waals surface area contributed by atoms with Crippen LogP contribution in [0.4, 0.5) is 5.82 Å². The molecule has 0 spiro atoms. The molecule has 1 aromatic carbocycles. The summed E-state index contributed by atoms with van der Waals surface area (Å²) in [7, 11) is 0. The summed E-state index contributed by atoms with van der Waals surface area (Å²) in [5.74, 6) is 0.719. The predicted octanol–water partition coefficient (Wildman–Crippen LogP) is 2.17. The Kier molecular flexibility index (Phi) is 8.30. The lowest BCUT2D eigenvalue weighted by molar-refractivity contribution is -0.132. The van der Waals surface area contributed by atoms with Crippen molar-refractivity contribution in [2.24, 2.45) is 0 Å². The average Bonchev–Trinajstić information content (AvgIpc) is 3.51. The van der Waals surface area contributed by atoms with E-state index in [1.165, 1.54) is 11.8 Å². The van der Waals surface area contributed by atoms with Gasteiger partial charge < -0.3 is 23.9 Å². The molecule has 0 radical (unpaired) electrons. The van der Waals surface area contributed by atoms with Gasteiger partial charge in [0.05, 0.1) is 25.2 Å². The third-order valence-corrected chi connectivity index (χ3v) is 7.09. The van der Waals surface area contributed by atoms with Gasteiger partial charge in [-0.05, 0) is 31.2 Å². The van der Waals surface area contributed by atoms with Gasteiger partial charge in [-0.25, -0.2) is 0 Å². The zero-order valence-electron chi connectivity index (χ0n) is 21.8. The molecule has 10 heteroatoms. The van der Waals surface area contributed by atoms with Crippen molar-refractivity contribution in [1.29, 1.82) is 0 Å². The minimum atomic E-state index is -0.265. The van der Waals surface area contributed by atoms with Crippen LogP contribution in [0.2, 0.25) is 0 Å². The number of aryl methyl sites for hydroxylation is 1. The number of carbonyl (C=O) groups is 2. The summed E-state index contributed by atoms with van der Waals surface area (Å²) in [6, 6.07) is 15.5. The monoisotopic (exact) mass is 518 g/mol. The molecule has 0 atom stereocenters. The number of benzene rings is 1. The summed E-state index contributed by atoms with van der Waals surface area (Å²) < 4.78 is 10.7. The number of rotatable bonds is 8. The van der Waals surface area contributed by atoms with Gasteiger partial charge in [0.1, 0.15) is 6.54 Å². The van der Waals surface area contributed by atoms with E-state index in [4.69, 9.17) is 9.15 Å². The molecule has 2 aliphatic rings. The molecule has 5 rings (SSSR count). The number of piperazine rings is 1. The summed E-state index contributed by atoms with van der Waals surface area (Å²) >= 11 is 0. The fourth-order valence-corrected chi connectivity index (χ4v) is 4.72. The fraction of sp³-hybridized carbons (Fsp3) is 0.429. The standard InChI is InChI=1S/C28H34N6O4/c1-22-4-6-23(7-5-22)24-8-9-26(30-29-24)32-12-14-33(15-13-32)27(35)21-34(28(36)25-3-2-18-38-25)11-10-31-16-19-37-20-17-31/h2-9,18H,10-17,19-21H2,1H3. The number of morpholine rings is 1. The van der Waals surface area contributed by atoms with E-state index in [0.717, 1.165) is 30.2 Å². The molecule has 2 fully saturated rings. The molecule has 0 saturated carbocycles. The van der Waals surface area contributed by atoms with Crippen molar-refractivity contribution in [1.82, 2.24) is 24.9 Å². The van der Waals surface area contributed by atoms with Gasteiger partial charge in [-0.1, -0.05) is 29.8 Å². The third-order valence-electron chi connectivity index (χ3n) is 7.09. The van der Waals surface area contributed by atoms with Gasteiger partial charge in [0.2, 0.25) is 5.91 Å². The topological polar surface area (TPSA) is 95.2 Å². The van der Waals surface area contributed by atoms with Crippen molar-refractivity contribution in [2.45, 2.75) is 6.92 Å². The normalized spacial score (nSPS) is 16.4. The Hall–Kier alpha value is -3.76. The first kappa shape index (κ1) is 25.9. The highest BCUT2D eigenvalue weighted by atomic mass is 16.5. The molecular formula is C28H34N6O4. The van der Waals surface area contributed by atoms with Crippen LogP contribution < -0.4 is 4.90 Å². The van der Waals surface area contributed by atoms with Gasteiger partial charge in [-0.2, -0.15) is 0 Å². The molecule has 0 N–H and O–H groups in total. The molecule has 3 aromatic rings. The van der Waals surface area contributed by atoms with Crippen LogP contribution in [0.1, 0.15) is 16.1 Å². The van der Waals surface area contributed by atoms with Crippen molar-refractivity contribution in [3.8, 4) is 11.3 Å². The Morgan fingerprint density at radius 3 is 2.34 bits per heavy atom. The maximum Gasteiger partial charge on any atom is 0.290 e. The average molecular weight is 519 g/mol. The smallest absolute Gasteiger partial charge is 0.290 e. The first-order valence-electron chi connectivity index (χ1n) is 13.1. The summed E-state index contributed by atoms with van der Waals surface area (Å²) in [4.78, 5) is 34.1. The third kappa shape index (κ3) is 6.38. The molecule has 2 aliphatic heterocycles. The fourth-order valence-electron chi connectivity index (χ4n) is 4.72. The number of carbonyl (C=O) groups excluding carboxylic acids is 2. The number of aromatic nitrogens is 2. The molecule has 200 valence electrons. The van der Waals surface area contributed by atoms with E-state index in [9.17, 15) is 9.59 Å². The maximum absolute atomic E-state index is 13.2. The van der Waals surface area contributed by atoms with E-state index in [0.29, 0.717) is 52.5 Å². The van der Waals surface area contributed by atoms with Crippen LogP contribution in [0, 0.1) is 6.92 Å². The van der Waals surface area contributed by atoms with Crippen LogP contribution in [0.25, 0.3) is 11.3 Å². The number of furan rings is 1. The summed E-state index contributed by atoms with van der Waals surface area (Å²) in [6.07, 6.45) is 1.48. The van der Waals surface area contributed by atoms with Crippen molar-refractivity contribution >= 4 is 17.6 Å². The maximum atomic E-state index is 13.2. The van der Waals surface area contributed by atoms with Gasteiger partial charge in [0, 0.05) is 57.9 Å². The Morgan fingerprint density at radius 2 is 1.68 bits per heavy atom. The molecule has 4 heterocycles. The Labute approximate surface area is 222 Å². The SMILES string of the molecule is Cc1ccc(-c2ccc(N3CCN(C(=O)CN(CCN4CCOCC4)C(=O)c4ccco4)CC3)nn2)cc1. The van der Waals surface area contributed by atoms with Crippen LogP contribution >= 0.6 is 0 Å². The quantitative estimate of drug-likeness (QED) is 0.448. The second-order valence-electron chi connectivity index (χ2n) is 9.67. The van der Waals surface area contributed by atoms with E-state index in [1.807, 2.05) is 29.2 Å². The van der Waals surface area contributed by atoms with E-state index in [1.54, 1.807) is 17.0 Å². The van der Waals surface area contributed by atoms with Gasteiger partial charge in [0.15, 0.2) is 11.6 Å². The van der Waals surface area contributed by atoms with Crippen LogP contribution in [-0.4, -0.2) is 109 Å². The van der Waals surface area contributed by atoms with Crippen LogP contribution in [-0.2, 0) is 9.53 Å². The highest BCUT2D eigenvalue weighted by Crippen LogP contribution is 2.20. The second kappa shape index (κ2) is 12.2. The second-order valence-corrected chi connectivity index (χ2v) is 9.67. The van der Waals surface area contributed by atoms with Gasteiger partial charge in [0.25, 0.3) is 5.91 Å². The highest BCUT2D eigenvalue weighted by Gasteiger charge is 2.27. The predicted molar refractivity (Wildman–Crippen MR) is 143 cm³/mol. The van der Waals surface area contributed by atoms with Crippen molar-refractivity contribution in [3.05, 3.63) is 66.1 Å². The molecule has 2 amide bonds. The van der Waals surface area contributed by atoms with Gasteiger partial charge >= 0.3 is 0 Å². The number of nitrogens with zero attached hydrogens (tertiary/aromatic N) is 6. The lowest BCUT2D eigenvalue weighted by Crippen LogP contribution is -2.53. The van der Waals surface area contributed by atoms with Crippen molar-refractivity contribution < 1.29 is 18.7 Å². The molecule has 2 aromatic heterocycles. The summed E-state index contributed by atoms with van der Waals surface area (Å²) in [5.41, 5.74) is 3.07. The first-order valence-corrected chi connectivity index (χ1v) is 13.1. The zero-order valence-corrected chi connectivity index (χ0v) is 21.8. The number of hydrogen-bond donors (Lipinski definition) is 0. The molecule has 2 saturated heterocycles. The molecule has 0 bridgehead atoms. The zero-order chi connectivity index (χ0) is 26.3. The minimum Gasteiger partial charge on any atom is -0.459 e. The lowest BCUT2D eigenvalue weighted by Gasteiger charge is -2.36. The summed E-state index contributed by atoms with van der Waals surface area (Å²) in [5, 5.41) is 8.85. The minimum absolute atomic E-state index is 0.0227. The molecular weight excluding hydrogens is 484 g/mol. The van der Waals surface area contributed by atoms with Crippen molar-refractivity contribution in [2.75, 3.05) is 77.0 Å². The first-order chi connectivity index (χ1) is 18.6. The van der Waals surface area contributed by atoms with Crippen molar-refractivity contribution in [3.63, 3.8) is 0 Å². The van der Waals surface area contributed by atoms with Crippen LogP contribution in [0.5, 0.6) is 0 Å². The molecule has 10 nitrogen and oxygen atoms in total.